The molecule has 0 amide bonds. The summed E-state index contributed by atoms with van der Waals surface area (Å²) < 4.78 is 0. The summed E-state index contributed by atoms with van der Waals surface area (Å²) in [6, 6.07) is 13.2. The van der Waals surface area contributed by atoms with Gasteiger partial charge in [0.15, 0.2) is 0 Å². The molecule has 1 unspecified atom stereocenters. The number of benzene rings is 1. The minimum atomic E-state index is 0.348. The Morgan fingerprint density at radius 2 is 2.20 bits per heavy atom. The Labute approximate surface area is 123 Å². The maximum Gasteiger partial charge on any atom is 0.0705 e. The van der Waals surface area contributed by atoms with Crippen LogP contribution in [0.4, 0.5) is 0 Å². The molecule has 3 aromatic rings. The molecule has 0 saturated heterocycles. The molecule has 2 aromatic heterocycles. The number of nitrogens with one attached hydrogen (secondary N) is 1. The van der Waals surface area contributed by atoms with Crippen LogP contribution in [-0.2, 0) is 6.42 Å². The predicted octanol–water partition coefficient (Wildman–Crippen LogP) is 4.19. The Kier molecular flexibility index (Phi) is 4.09. The molecule has 0 aliphatic rings. The van der Waals surface area contributed by atoms with Crippen molar-refractivity contribution in [3.05, 3.63) is 64.5 Å². The van der Waals surface area contributed by atoms with Gasteiger partial charge in [0.1, 0.15) is 0 Å². The second kappa shape index (κ2) is 6.16. The van der Waals surface area contributed by atoms with E-state index >= 15 is 0 Å². The molecule has 0 saturated carbocycles. The van der Waals surface area contributed by atoms with Gasteiger partial charge in [-0.1, -0.05) is 25.1 Å². The van der Waals surface area contributed by atoms with E-state index in [4.69, 9.17) is 0 Å². The first-order valence-electron chi connectivity index (χ1n) is 6.96. The second-order valence-corrected chi connectivity index (χ2v) is 5.68. The van der Waals surface area contributed by atoms with Gasteiger partial charge in [0.05, 0.1) is 5.52 Å². The fraction of sp³-hybridized carbons (Fsp3) is 0.235. The van der Waals surface area contributed by atoms with E-state index in [-0.39, 0.29) is 0 Å². The molecule has 0 radical (unpaired) electrons. The molecule has 20 heavy (non-hydrogen) atoms. The van der Waals surface area contributed by atoms with Crippen molar-refractivity contribution >= 4 is 22.2 Å². The predicted molar refractivity (Wildman–Crippen MR) is 86.2 cm³/mol. The second-order valence-electron chi connectivity index (χ2n) is 4.90. The van der Waals surface area contributed by atoms with Gasteiger partial charge in [-0.15, -0.1) is 0 Å². The molecular weight excluding hydrogens is 264 g/mol. The van der Waals surface area contributed by atoms with Crippen LogP contribution in [0.3, 0.4) is 0 Å². The van der Waals surface area contributed by atoms with Crippen molar-refractivity contribution in [1.29, 1.82) is 0 Å². The summed E-state index contributed by atoms with van der Waals surface area (Å²) in [5, 5.41) is 9.14. The highest BCUT2D eigenvalue weighted by molar-refractivity contribution is 7.07. The zero-order valence-corrected chi connectivity index (χ0v) is 12.4. The third-order valence-corrected chi connectivity index (χ3v) is 4.23. The number of nitrogens with zero attached hydrogens (tertiary/aromatic N) is 1. The van der Waals surface area contributed by atoms with Crippen LogP contribution in [0.15, 0.2) is 53.4 Å². The summed E-state index contributed by atoms with van der Waals surface area (Å²) in [5.74, 6) is 0. The van der Waals surface area contributed by atoms with Gasteiger partial charge >= 0.3 is 0 Å². The number of rotatable bonds is 5. The molecular formula is C17H18N2S. The van der Waals surface area contributed by atoms with Gasteiger partial charge in [-0.05, 0) is 53.1 Å². The maximum absolute atomic E-state index is 4.46. The summed E-state index contributed by atoms with van der Waals surface area (Å²) in [6.45, 7) is 3.12. The van der Waals surface area contributed by atoms with Crippen molar-refractivity contribution in [3.63, 3.8) is 0 Å². The van der Waals surface area contributed by atoms with Gasteiger partial charge in [-0.25, -0.2) is 0 Å². The zero-order chi connectivity index (χ0) is 13.8. The van der Waals surface area contributed by atoms with Crippen molar-refractivity contribution in [3.8, 4) is 0 Å². The quantitative estimate of drug-likeness (QED) is 0.759. The lowest BCUT2D eigenvalue weighted by Gasteiger charge is -2.18. The van der Waals surface area contributed by atoms with Crippen LogP contribution in [0.1, 0.15) is 24.1 Å². The summed E-state index contributed by atoms with van der Waals surface area (Å²) in [7, 11) is 0. The summed E-state index contributed by atoms with van der Waals surface area (Å²) in [4.78, 5) is 4.46. The summed E-state index contributed by atoms with van der Waals surface area (Å²) >= 11 is 1.76. The third-order valence-electron chi connectivity index (χ3n) is 3.50. The number of hydrogen-bond acceptors (Lipinski definition) is 3. The minimum absolute atomic E-state index is 0.348. The van der Waals surface area contributed by atoms with Crippen LogP contribution in [0.5, 0.6) is 0 Å². The van der Waals surface area contributed by atoms with Crippen molar-refractivity contribution in [2.24, 2.45) is 0 Å². The number of likely N-dealkylation sites (N-methyl/N-ethyl adjacent to an activating group) is 1. The van der Waals surface area contributed by atoms with E-state index < -0.39 is 0 Å². The SMILES string of the molecule is CCNC(Cc1ccsc1)c1ccc2cccnc2c1. The van der Waals surface area contributed by atoms with Crippen molar-refractivity contribution in [2.75, 3.05) is 6.54 Å². The molecule has 0 spiro atoms. The third kappa shape index (κ3) is 2.89. The first-order valence-corrected chi connectivity index (χ1v) is 7.90. The highest BCUT2D eigenvalue weighted by Gasteiger charge is 2.12. The Hall–Kier alpha value is -1.71. The van der Waals surface area contributed by atoms with Gasteiger partial charge in [0, 0.05) is 17.6 Å². The smallest absolute Gasteiger partial charge is 0.0705 e. The number of pyridine rings is 1. The fourth-order valence-corrected chi connectivity index (χ4v) is 3.18. The lowest BCUT2D eigenvalue weighted by molar-refractivity contribution is 0.551. The zero-order valence-electron chi connectivity index (χ0n) is 11.5. The normalized spacial score (nSPS) is 12.7. The van der Waals surface area contributed by atoms with Gasteiger partial charge in [0.25, 0.3) is 0 Å². The van der Waals surface area contributed by atoms with E-state index in [0.717, 1.165) is 18.5 Å². The molecule has 3 heteroatoms. The van der Waals surface area contributed by atoms with Crippen LogP contribution >= 0.6 is 11.3 Å². The highest BCUT2D eigenvalue weighted by Crippen LogP contribution is 2.23. The molecule has 0 aliphatic heterocycles. The average molecular weight is 282 g/mol. The molecule has 0 aliphatic carbocycles. The van der Waals surface area contributed by atoms with E-state index in [0.29, 0.717) is 6.04 Å². The van der Waals surface area contributed by atoms with E-state index in [2.05, 4.69) is 58.3 Å². The Morgan fingerprint density at radius 1 is 1.25 bits per heavy atom. The number of aromatic nitrogens is 1. The largest absolute Gasteiger partial charge is 0.310 e. The van der Waals surface area contributed by atoms with Gasteiger partial charge in [-0.2, -0.15) is 11.3 Å². The van der Waals surface area contributed by atoms with Gasteiger partial charge in [-0.3, -0.25) is 4.98 Å². The van der Waals surface area contributed by atoms with Crippen LogP contribution in [0.25, 0.3) is 10.9 Å². The van der Waals surface area contributed by atoms with E-state index in [1.807, 2.05) is 12.3 Å². The molecule has 3 rings (SSSR count). The van der Waals surface area contributed by atoms with E-state index in [9.17, 15) is 0 Å². The topological polar surface area (TPSA) is 24.9 Å². The molecule has 0 bridgehead atoms. The lowest BCUT2D eigenvalue weighted by atomic mass is 9.99. The maximum atomic E-state index is 4.46. The van der Waals surface area contributed by atoms with Gasteiger partial charge < -0.3 is 5.32 Å². The Bertz CT molecular complexity index is 676. The monoisotopic (exact) mass is 282 g/mol. The van der Waals surface area contributed by atoms with Crippen molar-refractivity contribution in [2.45, 2.75) is 19.4 Å². The van der Waals surface area contributed by atoms with Crippen LogP contribution in [0.2, 0.25) is 0 Å². The molecule has 0 fully saturated rings. The van der Waals surface area contributed by atoms with Crippen LogP contribution in [-0.4, -0.2) is 11.5 Å². The molecule has 102 valence electrons. The number of hydrogen-bond donors (Lipinski definition) is 1. The van der Waals surface area contributed by atoms with Crippen LogP contribution < -0.4 is 5.32 Å². The van der Waals surface area contributed by atoms with Crippen molar-refractivity contribution in [1.82, 2.24) is 10.3 Å². The van der Waals surface area contributed by atoms with E-state index in [1.54, 1.807) is 11.3 Å². The van der Waals surface area contributed by atoms with Crippen molar-refractivity contribution < 1.29 is 0 Å². The molecule has 2 nitrogen and oxygen atoms in total. The fourth-order valence-electron chi connectivity index (χ4n) is 2.50. The number of thiophene rings is 1. The molecule has 1 aromatic carbocycles. The average Bonchev–Trinajstić information content (AvgIpc) is 2.99. The first-order chi connectivity index (χ1) is 9.86. The van der Waals surface area contributed by atoms with E-state index in [1.165, 1.54) is 16.5 Å². The Balaban J connectivity index is 1.91. The highest BCUT2D eigenvalue weighted by atomic mass is 32.1. The summed E-state index contributed by atoms with van der Waals surface area (Å²) in [5.41, 5.74) is 3.77. The molecule has 2 heterocycles. The molecule has 1 N–H and O–H groups in total. The van der Waals surface area contributed by atoms with Crippen LogP contribution in [0, 0.1) is 0 Å². The number of fused-ring (bicyclic) bond motifs is 1. The summed E-state index contributed by atoms with van der Waals surface area (Å²) in [6.07, 6.45) is 2.88. The standard InChI is InChI=1S/C17H18N2S/c1-2-18-16(10-13-7-9-20-12-13)15-6-5-14-4-3-8-19-17(14)11-15/h3-9,11-12,16,18H,2,10H2,1H3. The molecule has 1 atom stereocenters. The van der Waals surface area contributed by atoms with Gasteiger partial charge in [0.2, 0.25) is 0 Å². The Morgan fingerprint density at radius 3 is 3.00 bits per heavy atom. The lowest BCUT2D eigenvalue weighted by Crippen LogP contribution is -2.22. The minimum Gasteiger partial charge on any atom is -0.310 e. The first kappa shape index (κ1) is 13.3.